The average Bonchev–Trinajstić information content (AvgIpc) is 2.92. The minimum absolute atomic E-state index is 0. The molecule has 0 saturated heterocycles. The molecule has 0 aromatic carbocycles. The summed E-state index contributed by atoms with van der Waals surface area (Å²) in [6, 6.07) is 0. The first kappa shape index (κ1) is 44.6. The predicted molar refractivity (Wildman–Crippen MR) is 189 cm³/mol. The second kappa shape index (κ2) is 37.2. The van der Waals surface area contributed by atoms with E-state index in [4.69, 9.17) is 5.73 Å². The van der Waals surface area contributed by atoms with Crippen molar-refractivity contribution in [1.82, 2.24) is 6.15 Å². The van der Waals surface area contributed by atoms with E-state index in [1.165, 1.54) is 212 Å². The Bertz CT molecular complexity index is 369. The van der Waals surface area contributed by atoms with E-state index in [-0.39, 0.29) is 24.1 Å². The zero-order chi connectivity index (χ0) is 27.8. The normalized spacial score (nSPS) is 11.4. The lowest BCUT2D eigenvalue weighted by atomic mass is 9.82. The number of rotatable bonds is 33. The van der Waals surface area contributed by atoms with Gasteiger partial charge in [0, 0.05) is 5.54 Å². The van der Waals surface area contributed by atoms with Crippen LogP contribution in [0.1, 0.15) is 233 Å². The molecule has 0 aromatic heterocycles. The smallest absolute Gasteiger partial charge is 0.0154 e. The van der Waals surface area contributed by atoms with E-state index in [1.807, 2.05) is 0 Å². The molecule has 0 atom stereocenters. The summed E-state index contributed by atoms with van der Waals surface area (Å²) in [5, 5.41) is 0. The van der Waals surface area contributed by atoms with E-state index in [2.05, 4.69) is 20.8 Å². The van der Waals surface area contributed by atoms with Gasteiger partial charge in [0.25, 0.3) is 0 Å². The predicted octanol–water partition coefficient (Wildman–Crippen LogP) is 14.2. The highest BCUT2D eigenvalue weighted by molar-refractivity contribution is 5.85. The van der Waals surface area contributed by atoms with Gasteiger partial charge in [0.1, 0.15) is 0 Å². The Labute approximate surface area is 262 Å². The highest BCUT2D eigenvalue weighted by Crippen LogP contribution is 2.27. The lowest BCUT2D eigenvalue weighted by Crippen LogP contribution is -2.39. The van der Waals surface area contributed by atoms with Crippen LogP contribution in [0.15, 0.2) is 0 Å². The van der Waals surface area contributed by atoms with E-state index < -0.39 is 0 Å². The summed E-state index contributed by atoms with van der Waals surface area (Å²) in [6.07, 6.45) is 46.6. The van der Waals surface area contributed by atoms with Crippen molar-refractivity contribution in [2.45, 2.75) is 238 Å². The van der Waals surface area contributed by atoms with Crippen molar-refractivity contribution in [3.63, 3.8) is 0 Å². The Morgan fingerprint density at radius 3 is 0.625 bits per heavy atom. The maximum absolute atomic E-state index is 7.12. The van der Waals surface area contributed by atoms with Crippen molar-refractivity contribution in [3.8, 4) is 0 Å². The summed E-state index contributed by atoms with van der Waals surface area (Å²) in [5.41, 5.74) is 7.25. The van der Waals surface area contributed by atoms with Gasteiger partial charge in [0.2, 0.25) is 0 Å². The van der Waals surface area contributed by atoms with Gasteiger partial charge in [-0.25, -0.2) is 0 Å². The molecule has 3 heteroatoms. The Hall–Kier alpha value is 0.210. The van der Waals surface area contributed by atoms with Crippen LogP contribution in [0.25, 0.3) is 0 Å². The second-order valence-electron chi connectivity index (χ2n) is 13.2. The first-order valence-electron chi connectivity index (χ1n) is 18.5. The van der Waals surface area contributed by atoms with Gasteiger partial charge in [-0.3, -0.25) is 0 Å². The van der Waals surface area contributed by atoms with Gasteiger partial charge in [-0.05, 0) is 19.3 Å². The van der Waals surface area contributed by atoms with Gasteiger partial charge in [-0.1, -0.05) is 213 Å². The molecular weight excluding hydrogens is 508 g/mol. The molecule has 0 amide bonds. The van der Waals surface area contributed by atoms with Crippen LogP contribution >= 0.6 is 12.4 Å². The van der Waals surface area contributed by atoms with Crippen molar-refractivity contribution in [1.29, 1.82) is 0 Å². The molecule has 0 aliphatic carbocycles. The summed E-state index contributed by atoms with van der Waals surface area (Å²) < 4.78 is 0. The third kappa shape index (κ3) is 34.4. The van der Waals surface area contributed by atoms with Gasteiger partial charge in [-0.15, -0.1) is 12.4 Å². The maximum atomic E-state index is 7.12. The van der Waals surface area contributed by atoms with Crippen LogP contribution in [0, 0.1) is 0 Å². The fourth-order valence-electron chi connectivity index (χ4n) is 6.27. The van der Waals surface area contributed by atoms with E-state index >= 15 is 0 Å². The van der Waals surface area contributed by atoms with Crippen molar-refractivity contribution in [3.05, 3.63) is 0 Å². The third-order valence-corrected chi connectivity index (χ3v) is 9.08. The van der Waals surface area contributed by atoms with Crippen molar-refractivity contribution < 1.29 is 0 Å². The number of unbranched alkanes of at least 4 members (excludes halogenated alkanes) is 27. The average molecular weight is 590 g/mol. The maximum Gasteiger partial charge on any atom is 0.0154 e. The van der Waals surface area contributed by atoms with Crippen molar-refractivity contribution in [2.24, 2.45) is 5.73 Å². The Balaban J connectivity index is -0.00000684. The van der Waals surface area contributed by atoms with E-state index in [0.29, 0.717) is 0 Å². The zero-order valence-electron chi connectivity index (χ0n) is 28.5. The van der Waals surface area contributed by atoms with Crippen LogP contribution < -0.4 is 11.9 Å². The highest BCUT2D eigenvalue weighted by Gasteiger charge is 2.23. The second-order valence-corrected chi connectivity index (χ2v) is 13.2. The number of hydrogen-bond donors (Lipinski definition) is 2. The van der Waals surface area contributed by atoms with Gasteiger partial charge >= 0.3 is 0 Å². The first-order valence-corrected chi connectivity index (χ1v) is 18.5. The van der Waals surface area contributed by atoms with Crippen LogP contribution in [0.5, 0.6) is 0 Å². The third-order valence-electron chi connectivity index (χ3n) is 9.08. The standard InChI is InChI=1S/C37H77N.ClH.H3N/c1-4-7-10-13-16-19-22-25-28-31-34-37(38,35-32-29-26-23-20-17-14-11-8-5-2)36-33-30-27-24-21-18-15-12-9-6-3;;/h4-36,38H2,1-3H3;1H;1H3. The lowest BCUT2D eigenvalue weighted by molar-refractivity contribution is 0.302. The SMILES string of the molecule is CCCCCCCCCCCCC(N)(CCCCCCCCCCCC)CCCCCCCCCCCC.Cl.N. The Morgan fingerprint density at radius 2 is 0.450 bits per heavy atom. The fourth-order valence-corrected chi connectivity index (χ4v) is 6.27. The van der Waals surface area contributed by atoms with Crippen molar-refractivity contribution >= 4 is 12.4 Å². The molecule has 2 nitrogen and oxygen atoms in total. The van der Waals surface area contributed by atoms with E-state index in [0.717, 1.165) is 0 Å². The molecule has 246 valence electrons. The fraction of sp³-hybridized carbons (Fsp3) is 1.00. The van der Waals surface area contributed by atoms with Crippen LogP contribution in [0.3, 0.4) is 0 Å². The Morgan fingerprint density at radius 1 is 0.300 bits per heavy atom. The first-order chi connectivity index (χ1) is 18.7. The minimum Gasteiger partial charge on any atom is -0.344 e. The molecular formula is C37H81ClN2. The van der Waals surface area contributed by atoms with Gasteiger partial charge in [0.05, 0.1) is 0 Å². The monoisotopic (exact) mass is 589 g/mol. The summed E-state index contributed by atoms with van der Waals surface area (Å²) in [5.74, 6) is 0. The van der Waals surface area contributed by atoms with Crippen molar-refractivity contribution in [2.75, 3.05) is 0 Å². The highest BCUT2D eigenvalue weighted by atomic mass is 35.5. The summed E-state index contributed by atoms with van der Waals surface area (Å²) >= 11 is 0. The lowest BCUT2D eigenvalue weighted by Gasteiger charge is -2.30. The molecule has 0 saturated carbocycles. The summed E-state index contributed by atoms with van der Waals surface area (Å²) in [4.78, 5) is 0. The molecule has 0 unspecified atom stereocenters. The molecule has 40 heavy (non-hydrogen) atoms. The molecule has 0 fully saturated rings. The molecule has 0 spiro atoms. The van der Waals surface area contributed by atoms with Gasteiger partial charge in [-0.2, -0.15) is 0 Å². The van der Waals surface area contributed by atoms with Crippen LogP contribution in [0.4, 0.5) is 0 Å². The molecule has 0 bridgehead atoms. The van der Waals surface area contributed by atoms with Crippen LogP contribution in [-0.4, -0.2) is 5.54 Å². The molecule has 0 rings (SSSR count). The Kier molecular flexibility index (Phi) is 41.6. The molecule has 0 radical (unpaired) electrons. The molecule has 0 heterocycles. The quantitative estimate of drug-likeness (QED) is 0.0748. The summed E-state index contributed by atoms with van der Waals surface area (Å²) in [6.45, 7) is 6.93. The van der Waals surface area contributed by atoms with Crippen LogP contribution in [0.2, 0.25) is 0 Å². The number of hydrogen-bond acceptors (Lipinski definition) is 2. The van der Waals surface area contributed by atoms with Crippen LogP contribution in [-0.2, 0) is 0 Å². The molecule has 5 N–H and O–H groups in total. The van der Waals surface area contributed by atoms with Gasteiger partial charge in [0.15, 0.2) is 0 Å². The number of halogens is 1. The number of nitrogens with two attached hydrogens (primary N) is 1. The minimum atomic E-state index is 0. The van der Waals surface area contributed by atoms with E-state index in [9.17, 15) is 0 Å². The van der Waals surface area contributed by atoms with E-state index in [1.54, 1.807) is 0 Å². The molecule has 0 aliphatic heterocycles. The summed E-state index contributed by atoms with van der Waals surface area (Å²) in [7, 11) is 0. The zero-order valence-corrected chi connectivity index (χ0v) is 29.3. The largest absolute Gasteiger partial charge is 0.344 e. The molecule has 0 aromatic rings. The molecule has 0 aliphatic rings. The van der Waals surface area contributed by atoms with Gasteiger partial charge < -0.3 is 11.9 Å². The topological polar surface area (TPSA) is 61.0 Å².